The first-order valence-corrected chi connectivity index (χ1v) is 13.6. The molecule has 0 saturated heterocycles. The van der Waals surface area contributed by atoms with Gasteiger partial charge >= 0.3 is 0 Å². The Balaban J connectivity index is 1.63. The Kier molecular flexibility index (Phi) is 7.27. The van der Waals surface area contributed by atoms with Gasteiger partial charge in [-0.2, -0.15) is 0 Å². The molecule has 7 nitrogen and oxygen atoms in total. The van der Waals surface area contributed by atoms with E-state index in [2.05, 4.69) is 13.8 Å². The zero-order valence-electron chi connectivity index (χ0n) is 21.3. The third-order valence-corrected chi connectivity index (χ3v) is 11.2. The molecule has 0 aliphatic heterocycles. The van der Waals surface area contributed by atoms with E-state index in [0.717, 1.165) is 25.7 Å². The van der Waals surface area contributed by atoms with Crippen molar-refractivity contribution < 1.29 is 35.7 Å². The van der Waals surface area contributed by atoms with Crippen LogP contribution in [-0.2, 0) is 0 Å². The van der Waals surface area contributed by atoms with E-state index in [1.54, 1.807) is 0 Å². The van der Waals surface area contributed by atoms with Crippen LogP contribution in [0.3, 0.4) is 0 Å². The smallest absolute Gasteiger partial charge is 0.0863 e. The molecule has 4 aliphatic rings. The molecule has 7 heteroatoms. The van der Waals surface area contributed by atoms with Crippen LogP contribution in [-0.4, -0.2) is 78.5 Å². The Hall–Kier alpha value is -0.280. The Morgan fingerprint density at radius 2 is 1.47 bits per heavy atom. The second-order valence-electron chi connectivity index (χ2n) is 13.2. The summed E-state index contributed by atoms with van der Waals surface area (Å²) in [6.07, 6.45) is 0.372. The van der Waals surface area contributed by atoms with Crippen LogP contribution in [0.4, 0.5) is 0 Å². The molecule has 4 rings (SSSR count). The van der Waals surface area contributed by atoms with Crippen molar-refractivity contribution in [1.29, 1.82) is 0 Å². The van der Waals surface area contributed by atoms with Crippen LogP contribution in [0.1, 0.15) is 79.1 Å². The highest BCUT2D eigenvalue weighted by atomic mass is 16.3. The third-order valence-electron chi connectivity index (χ3n) is 11.2. The van der Waals surface area contributed by atoms with Crippen molar-refractivity contribution >= 4 is 0 Å². The molecular weight excluding hydrogens is 436 g/mol. The van der Waals surface area contributed by atoms with E-state index in [4.69, 9.17) is 0 Å². The molecule has 0 bridgehead atoms. The molecule has 0 aromatic carbocycles. The van der Waals surface area contributed by atoms with Gasteiger partial charge in [0.15, 0.2) is 0 Å². The van der Waals surface area contributed by atoms with Crippen molar-refractivity contribution in [2.45, 2.75) is 115 Å². The summed E-state index contributed by atoms with van der Waals surface area (Å²) in [5.74, 6) is -1.08. The number of hydrogen-bond acceptors (Lipinski definition) is 7. The number of hydrogen-bond donors (Lipinski definition) is 7. The maximum atomic E-state index is 12.3. The van der Waals surface area contributed by atoms with E-state index in [-0.39, 0.29) is 36.7 Å². The van der Waals surface area contributed by atoms with Gasteiger partial charge in [0.1, 0.15) is 0 Å². The normalized spacial score (nSPS) is 54.6. The molecule has 0 unspecified atom stereocenters. The van der Waals surface area contributed by atoms with Crippen molar-refractivity contribution in [3.8, 4) is 0 Å². The minimum atomic E-state index is -1.35. The highest BCUT2D eigenvalue weighted by Crippen LogP contribution is 2.69. The van der Waals surface area contributed by atoms with Crippen molar-refractivity contribution in [3.05, 3.63) is 0 Å². The predicted octanol–water partition coefficient (Wildman–Crippen LogP) is 1.44. The molecule has 14 atom stereocenters. The minimum absolute atomic E-state index is 0.0425. The Morgan fingerprint density at radius 3 is 2.12 bits per heavy atom. The second kappa shape index (κ2) is 9.23. The molecular formula is C27H48O7. The fraction of sp³-hybridized carbons (Fsp3) is 1.00. The molecule has 0 spiro atoms. The second-order valence-corrected chi connectivity index (χ2v) is 13.2. The van der Waals surface area contributed by atoms with Crippen LogP contribution in [0.15, 0.2) is 0 Å². The topological polar surface area (TPSA) is 142 Å². The highest BCUT2D eigenvalue weighted by Gasteiger charge is 2.73. The van der Waals surface area contributed by atoms with E-state index < -0.39 is 58.8 Å². The van der Waals surface area contributed by atoms with Crippen molar-refractivity contribution in [3.63, 3.8) is 0 Å². The van der Waals surface area contributed by atoms with Crippen LogP contribution >= 0.6 is 0 Å². The van der Waals surface area contributed by atoms with E-state index >= 15 is 0 Å². The minimum Gasteiger partial charge on any atom is -0.396 e. The molecule has 0 aromatic rings. The van der Waals surface area contributed by atoms with Crippen LogP contribution in [0.5, 0.6) is 0 Å². The summed E-state index contributed by atoms with van der Waals surface area (Å²) in [5, 5.41) is 76.6. The summed E-state index contributed by atoms with van der Waals surface area (Å²) >= 11 is 0. The van der Waals surface area contributed by atoms with Crippen LogP contribution < -0.4 is 0 Å². The SMILES string of the molecule is C[C@H](CO)CCC[C@@H](C)[C@H]1[C@@H](O)[C@@H](O)[C@@H]2[C@]1(C)CC[C@@H]1[C@@]3(C)CC[C@H](O)[C@H](O)[C@@H]3[C@@H](O)C[C@]12O. The molecule has 4 saturated carbocycles. The molecule has 0 aromatic heterocycles. The fourth-order valence-electron chi connectivity index (χ4n) is 9.69. The monoisotopic (exact) mass is 484 g/mol. The number of fused-ring (bicyclic) bond motifs is 5. The molecule has 7 N–H and O–H groups in total. The summed E-state index contributed by atoms with van der Waals surface area (Å²) in [7, 11) is 0. The van der Waals surface area contributed by atoms with Crippen molar-refractivity contribution in [1.82, 2.24) is 0 Å². The zero-order valence-corrected chi connectivity index (χ0v) is 21.3. The highest BCUT2D eigenvalue weighted by molar-refractivity contribution is 5.22. The fourth-order valence-corrected chi connectivity index (χ4v) is 9.69. The molecule has 198 valence electrons. The van der Waals surface area contributed by atoms with Crippen LogP contribution in [0, 0.1) is 46.3 Å². The lowest BCUT2D eigenvalue weighted by molar-refractivity contribution is -0.280. The Bertz CT molecular complexity index is 734. The van der Waals surface area contributed by atoms with Gasteiger partial charge in [-0.15, -0.1) is 0 Å². The number of aliphatic hydroxyl groups is 7. The van der Waals surface area contributed by atoms with Gasteiger partial charge in [-0.3, -0.25) is 0 Å². The Morgan fingerprint density at radius 1 is 0.824 bits per heavy atom. The lowest BCUT2D eigenvalue weighted by atomic mass is 9.41. The molecule has 0 heterocycles. The van der Waals surface area contributed by atoms with Gasteiger partial charge in [-0.25, -0.2) is 0 Å². The maximum absolute atomic E-state index is 12.3. The molecule has 0 amide bonds. The molecule has 0 radical (unpaired) electrons. The number of aliphatic hydroxyl groups excluding tert-OH is 6. The van der Waals surface area contributed by atoms with Gasteiger partial charge in [0.2, 0.25) is 0 Å². The number of rotatable bonds is 6. The summed E-state index contributed by atoms with van der Waals surface area (Å²) in [6, 6.07) is 0. The average molecular weight is 485 g/mol. The van der Waals surface area contributed by atoms with Crippen molar-refractivity contribution in [2.75, 3.05) is 6.61 Å². The summed E-state index contributed by atoms with van der Waals surface area (Å²) in [5.41, 5.74) is -2.37. The third kappa shape index (κ3) is 3.80. The summed E-state index contributed by atoms with van der Waals surface area (Å²) in [4.78, 5) is 0. The molecule has 34 heavy (non-hydrogen) atoms. The largest absolute Gasteiger partial charge is 0.396 e. The zero-order chi connectivity index (χ0) is 25.2. The lowest BCUT2D eigenvalue weighted by Crippen LogP contribution is -2.71. The Labute approximate surface area is 204 Å². The standard InChI is InChI=1S/C27H48O7/c1-14(13-28)6-5-7-15(2)19-22(32)23(33)24-26(19,4)11-9-18-25(3)10-8-16(29)21(31)20(25)17(30)12-27(18,24)34/h14-24,28-34H,5-13H2,1-4H3/t14-,15+,16-,17-,18+,19-,20-,21-,22+,23+,24+,25+,26+,27-/m0/s1. The van der Waals surface area contributed by atoms with Crippen LogP contribution in [0.2, 0.25) is 0 Å². The van der Waals surface area contributed by atoms with Crippen LogP contribution in [0.25, 0.3) is 0 Å². The van der Waals surface area contributed by atoms with E-state index in [0.29, 0.717) is 19.3 Å². The van der Waals surface area contributed by atoms with Gasteiger partial charge in [-0.1, -0.05) is 40.5 Å². The van der Waals surface area contributed by atoms with Gasteiger partial charge < -0.3 is 35.7 Å². The maximum Gasteiger partial charge on any atom is 0.0863 e. The predicted molar refractivity (Wildman–Crippen MR) is 128 cm³/mol. The van der Waals surface area contributed by atoms with Gasteiger partial charge in [0, 0.05) is 24.9 Å². The van der Waals surface area contributed by atoms with E-state index in [9.17, 15) is 35.7 Å². The molecule has 4 fully saturated rings. The quantitative estimate of drug-likeness (QED) is 0.302. The average Bonchev–Trinajstić information content (AvgIpc) is 2.96. The van der Waals surface area contributed by atoms with E-state index in [1.807, 2.05) is 13.8 Å². The van der Waals surface area contributed by atoms with Gasteiger partial charge in [0.05, 0.1) is 36.1 Å². The van der Waals surface area contributed by atoms with Gasteiger partial charge in [0.25, 0.3) is 0 Å². The first kappa shape index (κ1) is 26.8. The lowest BCUT2D eigenvalue weighted by Gasteiger charge is -2.66. The first-order chi connectivity index (χ1) is 15.8. The van der Waals surface area contributed by atoms with E-state index in [1.165, 1.54) is 0 Å². The summed E-state index contributed by atoms with van der Waals surface area (Å²) < 4.78 is 0. The first-order valence-electron chi connectivity index (χ1n) is 13.6. The summed E-state index contributed by atoms with van der Waals surface area (Å²) in [6.45, 7) is 8.44. The van der Waals surface area contributed by atoms with Gasteiger partial charge in [-0.05, 0) is 66.6 Å². The molecule has 4 aliphatic carbocycles. The van der Waals surface area contributed by atoms with Crippen molar-refractivity contribution in [2.24, 2.45) is 46.3 Å².